The highest BCUT2D eigenvalue weighted by Crippen LogP contribution is 2.11. The van der Waals surface area contributed by atoms with Gasteiger partial charge in [-0.05, 0) is 39.0 Å². The molecule has 16 heavy (non-hydrogen) atoms. The summed E-state index contributed by atoms with van der Waals surface area (Å²) in [5.74, 6) is 0.467. The Morgan fingerprint density at radius 1 is 1.50 bits per heavy atom. The molecule has 0 amide bonds. The van der Waals surface area contributed by atoms with Gasteiger partial charge in [-0.3, -0.25) is 0 Å². The second-order valence-electron chi connectivity index (χ2n) is 4.24. The van der Waals surface area contributed by atoms with E-state index >= 15 is 0 Å². The van der Waals surface area contributed by atoms with Gasteiger partial charge in [0, 0.05) is 11.7 Å². The van der Waals surface area contributed by atoms with Crippen LogP contribution in [-0.4, -0.2) is 18.3 Å². The highest BCUT2D eigenvalue weighted by atomic mass is 19.1. The van der Waals surface area contributed by atoms with Crippen LogP contribution < -0.4 is 11.5 Å². The first-order valence-electron chi connectivity index (χ1n) is 5.13. The lowest BCUT2D eigenvalue weighted by Crippen LogP contribution is -2.23. The summed E-state index contributed by atoms with van der Waals surface area (Å²) in [7, 11) is 0. The monoisotopic (exact) mass is 228 g/mol. The van der Waals surface area contributed by atoms with Gasteiger partial charge in [0.1, 0.15) is 18.0 Å². The van der Waals surface area contributed by atoms with Crippen LogP contribution in [-0.2, 0) is 4.74 Å². The normalized spacial score (nSPS) is 15.8. The SMILES string of the molecule is C=C/C(=C\C=C(/N)C(C)N)OCC(C)(C)F. The van der Waals surface area contributed by atoms with Crippen LogP contribution in [0.1, 0.15) is 20.8 Å². The van der Waals surface area contributed by atoms with Gasteiger partial charge in [0.25, 0.3) is 0 Å². The number of rotatable bonds is 6. The van der Waals surface area contributed by atoms with E-state index in [0.717, 1.165) is 0 Å². The lowest BCUT2D eigenvalue weighted by atomic mass is 10.2. The molecule has 0 radical (unpaired) electrons. The van der Waals surface area contributed by atoms with Gasteiger partial charge >= 0.3 is 0 Å². The molecule has 0 aliphatic heterocycles. The molecule has 3 nitrogen and oxygen atoms in total. The second kappa shape index (κ2) is 6.33. The van der Waals surface area contributed by atoms with Crippen LogP contribution in [0.4, 0.5) is 4.39 Å². The van der Waals surface area contributed by atoms with Crippen molar-refractivity contribution in [1.82, 2.24) is 0 Å². The van der Waals surface area contributed by atoms with Crippen molar-refractivity contribution in [1.29, 1.82) is 0 Å². The molecule has 4 N–H and O–H groups in total. The third-order valence-electron chi connectivity index (χ3n) is 1.75. The number of alkyl halides is 1. The average Bonchev–Trinajstić information content (AvgIpc) is 2.15. The van der Waals surface area contributed by atoms with Crippen LogP contribution in [0, 0.1) is 0 Å². The van der Waals surface area contributed by atoms with Crippen molar-refractivity contribution in [2.75, 3.05) is 6.61 Å². The Bertz CT molecular complexity index is 288. The molecular formula is C12H21FN2O. The Hall–Kier alpha value is -1.29. The van der Waals surface area contributed by atoms with Crippen molar-refractivity contribution < 1.29 is 9.13 Å². The predicted molar refractivity (Wildman–Crippen MR) is 65.3 cm³/mol. The third kappa shape index (κ3) is 7.06. The molecule has 1 atom stereocenters. The number of ether oxygens (including phenoxy) is 1. The standard InChI is InChI=1S/C12H21FN2O/c1-5-10(16-8-12(3,4)13)6-7-11(15)9(2)14/h5-7,9H,1,8,14-15H2,2-4H3/b10-6+,11-7-. The number of hydrogen-bond donors (Lipinski definition) is 2. The molecular weight excluding hydrogens is 207 g/mol. The summed E-state index contributed by atoms with van der Waals surface area (Å²) in [5.41, 5.74) is 10.3. The van der Waals surface area contributed by atoms with E-state index in [2.05, 4.69) is 6.58 Å². The Morgan fingerprint density at radius 3 is 2.44 bits per heavy atom. The van der Waals surface area contributed by atoms with Gasteiger partial charge in [-0.25, -0.2) is 4.39 Å². The zero-order valence-electron chi connectivity index (χ0n) is 10.2. The molecule has 4 heteroatoms. The summed E-state index contributed by atoms with van der Waals surface area (Å²) in [4.78, 5) is 0. The molecule has 0 heterocycles. The Kier molecular flexibility index (Phi) is 5.82. The molecule has 0 aromatic rings. The fourth-order valence-electron chi connectivity index (χ4n) is 0.760. The highest BCUT2D eigenvalue weighted by molar-refractivity contribution is 5.21. The van der Waals surface area contributed by atoms with Gasteiger partial charge in [0.2, 0.25) is 0 Å². The summed E-state index contributed by atoms with van der Waals surface area (Å²) in [6.45, 7) is 8.20. The van der Waals surface area contributed by atoms with Crippen molar-refractivity contribution in [2.45, 2.75) is 32.5 Å². The second-order valence-corrected chi connectivity index (χ2v) is 4.24. The summed E-state index contributed by atoms with van der Waals surface area (Å²) in [5, 5.41) is 0. The van der Waals surface area contributed by atoms with E-state index in [1.165, 1.54) is 19.9 Å². The van der Waals surface area contributed by atoms with E-state index in [9.17, 15) is 4.39 Å². The van der Waals surface area contributed by atoms with E-state index in [4.69, 9.17) is 16.2 Å². The first-order valence-corrected chi connectivity index (χ1v) is 5.13. The molecule has 0 aromatic heterocycles. The van der Waals surface area contributed by atoms with Crippen LogP contribution >= 0.6 is 0 Å². The van der Waals surface area contributed by atoms with Gasteiger partial charge < -0.3 is 16.2 Å². The predicted octanol–water partition coefficient (Wildman–Crippen LogP) is 2.01. The molecule has 0 saturated carbocycles. The lowest BCUT2D eigenvalue weighted by Gasteiger charge is -2.15. The smallest absolute Gasteiger partial charge is 0.139 e. The van der Waals surface area contributed by atoms with Crippen molar-refractivity contribution in [2.24, 2.45) is 11.5 Å². The quantitative estimate of drug-likeness (QED) is 0.540. The van der Waals surface area contributed by atoms with Gasteiger partial charge in [-0.15, -0.1) is 0 Å². The fraction of sp³-hybridized carbons (Fsp3) is 0.500. The fourth-order valence-corrected chi connectivity index (χ4v) is 0.760. The molecule has 0 fully saturated rings. The molecule has 0 rings (SSSR count). The van der Waals surface area contributed by atoms with Gasteiger partial charge in [0.15, 0.2) is 0 Å². The molecule has 0 aliphatic carbocycles. The van der Waals surface area contributed by atoms with Crippen molar-refractivity contribution in [3.63, 3.8) is 0 Å². The van der Waals surface area contributed by atoms with Gasteiger partial charge in [-0.1, -0.05) is 6.58 Å². The molecule has 0 aliphatic rings. The number of halogens is 1. The minimum Gasteiger partial charge on any atom is -0.490 e. The Morgan fingerprint density at radius 2 is 2.06 bits per heavy atom. The van der Waals surface area contributed by atoms with Crippen LogP contribution in [0.2, 0.25) is 0 Å². The van der Waals surface area contributed by atoms with E-state index in [-0.39, 0.29) is 12.6 Å². The largest absolute Gasteiger partial charge is 0.490 e. The van der Waals surface area contributed by atoms with Crippen LogP contribution in [0.5, 0.6) is 0 Å². The van der Waals surface area contributed by atoms with E-state index < -0.39 is 5.67 Å². The first-order chi connectivity index (χ1) is 7.26. The van der Waals surface area contributed by atoms with E-state index in [1.807, 2.05) is 0 Å². The maximum absolute atomic E-state index is 13.2. The lowest BCUT2D eigenvalue weighted by molar-refractivity contribution is 0.0814. The van der Waals surface area contributed by atoms with E-state index in [0.29, 0.717) is 11.5 Å². The van der Waals surface area contributed by atoms with E-state index in [1.54, 1.807) is 19.1 Å². The van der Waals surface area contributed by atoms with Crippen LogP contribution in [0.15, 0.2) is 36.3 Å². The third-order valence-corrected chi connectivity index (χ3v) is 1.75. The van der Waals surface area contributed by atoms with Gasteiger partial charge in [-0.2, -0.15) is 0 Å². The van der Waals surface area contributed by atoms with Crippen molar-refractivity contribution in [3.05, 3.63) is 36.3 Å². The zero-order valence-corrected chi connectivity index (χ0v) is 10.2. The first kappa shape index (κ1) is 14.7. The maximum atomic E-state index is 13.2. The molecule has 0 spiro atoms. The Balaban J connectivity index is 4.45. The zero-order chi connectivity index (χ0) is 12.8. The summed E-state index contributed by atoms with van der Waals surface area (Å²) in [6.07, 6.45) is 4.75. The number of hydrogen-bond acceptors (Lipinski definition) is 3. The maximum Gasteiger partial charge on any atom is 0.139 e. The minimum atomic E-state index is -1.38. The summed E-state index contributed by atoms with van der Waals surface area (Å²) < 4.78 is 18.4. The number of allylic oxidation sites excluding steroid dienone is 3. The van der Waals surface area contributed by atoms with Crippen molar-refractivity contribution >= 4 is 0 Å². The molecule has 0 saturated heterocycles. The van der Waals surface area contributed by atoms with Crippen LogP contribution in [0.25, 0.3) is 0 Å². The Labute approximate surface area is 96.6 Å². The molecule has 92 valence electrons. The summed E-state index contributed by atoms with van der Waals surface area (Å²) in [6, 6.07) is -0.222. The molecule has 1 unspecified atom stereocenters. The highest BCUT2D eigenvalue weighted by Gasteiger charge is 2.16. The minimum absolute atomic E-state index is 0.0310. The average molecular weight is 228 g/mol. The van der Waals surface area contributed by atoms with Crippen molar-refractivity contribution in [3.8, 4) is 0 Å². The molecule has 0 bridgehead atoms. The molecule has 0 aromatic carbocycles. The van der Waals surface area contributed by atoms with Gasteiger partial charge in [0.05, 0.1) is 0 Å². The number of nitrogens with two attached hydrogens (primary N) is 2. The summed E-state index contributed by atoms with van der Waals surface area (Å²) >= 11 is 0. The topological polar surface area (TPSA) is 61.3 Å². The van der Waals surface area contributed by atoms with Crippen LogP contribution in [0.3, 0.4) is 0 Å².